The summed E-state index contributed by atoms with van der Waals surface area (Å²) in [7, 11) is 0. The molecular formula is C15H18N4O7. The molecule has 2 aliphatic rings. The minimum Gasteiger partial charge on any atom is -0.463 e. The first kappa shape index (κ1) is 18.0. The van der Waals surface area contributed by atoms with E-state index in [4.69, 9.17) is 4.74 Å². The van der Waals surface area contributed by atoms with Gasteiger partial charge in [0.2, 0.25) is 0 Å². The third kappa shape index (κ3) is 3.43. The highest BCUT2D eigenvalue weighted by atomic mass is 16.6. The van der Waals surface area contributed by atoms with Gasteiger partial charge >= 0.3 is 11.4 Å². The summed E-state index contributed by atoms with van der Waals surface area (Å²) in [5, 5.41) is 36.8. The number of benzene rings is 1. The average molecular weight is 366 g/mol. The molecule has 3 atom stereocenters. The molecule has 0 bridgehead atoms. The molecule has 1 aliphatic carbocycles. The molecule has 0 spiro atoms. The molecule has 1 aromatic carbocycles. The van der Waals surface area contributed by atoms with Crippen molar-refractivity contribution in [2.24, 2.45) is 11.8 Å². The average Bonchev–Trinajstić information content (AvgIpc) is 2.61. The number of nitro benzene ring substituents is 3. The molecule has 11 nitrogen and oxygen atoms in total. The van der Waals surface area contributed by atoms with E-state index in [2.05, 4.69) is 5.32 Å². The first-order valence-corrected chi connectivity index (χ1v) is 8.39. The Hall–Kier alpha value is -2.82. The first-order chi connectivity index (χ1) is 12.4. The second-order valence-corrected chi connectivity index (χ2v) is 6.57. The number of rotatable bonds is 5. The highest BCUT2D eigenvalue weighted by Crippen LogP contribution is 2.43. The van der Waals surface area contributed by atoms with Crippen LogP contribution in [0.4, 0.5) is 17.1 Å². The number of ether oxygens (including phenoxy) is 1. The molecule has 1 saturated carbocycles. The predicted octanol–water partition coefficient (Wildman–Crippen LogP) is 2.92. The Kier molecular flexibility index (Phi) is 4.98. The van der Waals surface area contributed by atoms with Gasteiger partial charge in [0.1, 0.15) is 0 Å². The maximum atomic E-state index is 11.4. The fourth-order valence-corrected chi connectivity index (χ4v) is 3.89. The van der Waals surface area contributed by atoms with Crippen molar-refractivity contribution in [3.63, 3.8) is 0 Å². The molecule has 3 rings (SSSR count). The zero-order valence-corrected chi connectivity index (χ0v) is 13.8. The maximum absolute atomic E-state index is 11.4. The molecule has 1 N–H and O–H groups in total. The van der Waals surface area contributed by atoms with Crippen molar-refractivity contribution in [2.75, 3.05) is 6.54 Å². The Morgan fingerprint density at radius 2 is 1.54 bits per heavy atom. The topological polar surface area (TPSA) is 151 Å². The molecule has 1 heterocycles. The van der Waals surface area contributed by atoms with E-state index in [1.165, 1.54) is 0 Å². The van der Waals surface area contributed by atoms with Crippen molar-refractivity contribution in [1.29, 1.82) is 0 Å². The van der Waals surface area contributed by atoms with E-state index >= 15 is 0 Å². The van der Waals surface area contributed by atoms with Crippen molar-refractivity contribution in [3.05, 3.63) is 42.5 Å². The van der Waals surface area contributed by atoms with Gasteiger partial charge in [-0.2, -0.15) is 0 Å². The Labute approximate surface area is 147 Å². The Morgan fingerprint density at radius 1 is 0.923 bits per heavy atom. The van der Waals surface area contributed by atoms with Crippen LogP contribution in [0.3, 0.4) is 0 Å². The lowest BCUT2D eigenvalue weighted by Gasteiger charge is -2.41. The monoisotopic (exact) mass is 366 g/mol. The number of nitrogens with one attached hydrogen (secondary N) is 1. The highest BCUT2D eigenvalue weighted by Gasteiger charge is 2.40. The Balaban J connectivity index is 2.01. The molecule has 1 aromatic rings. The quantitative estimate of drug-likeness (QED) is 0.617. The number of nitro groups is 3. The van der Waals surface area contributed by atoms with Gasteiger partial charge < -0.3 is 4.74 Å². The van der Waals surface area contributed by atoms with Crippen LogP contribution in [0.2, 0.25) is 0 Å². The van der Waals surface area contributed by atoms with Gasteiger partial charge in [0.25, 0.3) is 11.4 Å². The molecular weight excluding hydrogens is 348 g/mol. The van der Waals surface area contributed by atoms with E-state index in [0.29, 0.717) is 24.6 Å². The largest absolute Gasteiger partial charge is 0.463 e. The van der Waals surface area contributed by atoms with Crippen LogP contribution in [-0.4, -0.2) is 27.5 Å². The SMILES string of the molecule is O=[N+]([O-])c1cc([N+](=O)[O-])c(OC2NCCC3CCCCC32)c([N+](=O)[O-])c1. The number of nitrogens with zero attached hydrogens (tertiary/aromatic N) is 3. The summed E-state index contributed by atoms with van der Waals surface area (Å²) in [6.45, 7) is 0.653. The molecule has 0 radical (unpaired) electrons. The van der Waals surface area contributed by atoms with Gasteiger partial charge in [-0.05, 0) is 31.7 Å². The van der Waals surface area contributed by atoms with Gasteiger partial charge in [-0.1, -0.05) is 12.8 Å². The maximum Gasteiger partial charge on any atom is 0.325 e. The zero-order chi connectivity index (χ0) is 18.8. The van der Waals surface area contributed by atoms with Crippen LogP contribution < -0.4 is 10.1 Å². The van der Waals surface area contributed by atoms with Crippen molar-refractivity contribution < 1.29 is 19.5 Å². The van der Waals surface area contributed by atoms with Crippen molar-refractivity contribution in [1.82, 2.24) is 5.32 Å². The zero-order valence-electron chi connectivity index (χ0n) is 13.8. The number of fused-ring (bicyclic) bond motifs is 1. The van der Waals surface area contributed by atoms with Crippen molar-refractivity contribution in [3.8, 4) is 5.75 Å². The normalized spacial score (nSPS) is 25.2. The van der Waals surface area contributed by atoms with Crippen molar-refractivity contribution >= 4 is 17.1 Å². The van der Waals surface area contributed by atoms with Gasteiger partial charge in [0, 0.05) is 5.92 Å². The Bertz CT molecular complexity index is 717. The minimum atomic E-state index is -0.903. The number of non-ortho nitro benzene ring substituents is 1. The number of piperidine rings is 1. The number of hydrogen-bond acceptors (Lipinski definition) is 8. The van der Waals surface area contributed by atoms with Gasteiger partial charge in [-0.3, -0.25) is 35.7 Å². The van der Waals surface area contributed by atoms with Gasteiger partial charge in [-0.25, -0.2) is 0 Å². The van der Waals surface area contributed by atoms with Crippen LogP contribution in [0.25, 0.3) is 0 Å². The lowest BCUT2D eigenvalue weighted by molar-refractivity contribution is -0.404. The predicted molar refractivity (Wildman–Crippen MR) is 88.9 cm³/mol. The van der Waals surface area contributed by atoms with Crippen LogP contribution in [0.15, 0.2) is 12.1 Å². The lowest BCUT2D eigenvalue weighted by atomic mass is 9.74. The molecule has 0 amide bonds. The molecule has 26 heavy (non-hydrogen) atoms. The Morgan fingerprint density at radius 3 is 2.12 bits per heavy atom. The summed E-state index contributed by atoms with van der Waals surface area (Å²) in [6.07, 6.45) is 4.41. The second-order valence-electron chi connectivity index (χ2n) is 6.57. The molecule has 1 aliphatic heterocycles. The van der Waals surface area contributed by atoms with E-state index in [-0.39, 0.29) is 5.92 Å². The molecule has 11 heteroatoms. The summed E-state index contributed by atoms with van der Waals surface area (Å²) >= 11 is 0. The summed E-state index contributed by atoms with van der Waals surface area (Å²) in [4.78, 5) is 31.0. The highest BCUT2D eigenvalue weighted by molar-refractivity contribution is 5.65. The summed E-state index contributed by atoms with van der Waals surface area (Å²) in [5.41, 5.74) is -2.26. The number of hydrogen-bond donors (Lipinski definition) is 1. The van der Waals surface area contributed by atoms with E-state index in [9.17, 15) is 30.3 Å². The molecule has 140 valence electrons. The summed E-state index contributed by atoms with van der Waals surface area (Å²) in [5.74, 6) is -0.0209. The molecule has 1 saturated heterocycles. The minimum absolute atomic E-state index is 0.104. The van der Waals surface area contributed by atoms with Gasteiger partial charge in [-0.15, -0.1) is 0 Å². The molecule has 2 fully saturated rings. The smallest absolute Gasteiger partial charge is 0.325 e. The fourth-order valence-electron chi connectivity index (χ4n) is 3.89. The van der Waals surface area contributed by atoms with E-state index in [0.717, 1.165) is 32.1 Å². The second kappa shape index (κ2) is 7.20. The van der Waals surface area contributed by atoms with E-state index < -0.39 is 43.8 Å². The van der Waals surface area contributed by atoms with Crippen LogP contribution in [-0.2, 0) is 0 Å². The third-order valence-corrected chi connectivity index (χ3v) is 5.10. The van der Waals surface area contributed by atoms with Gasteiger partial charge in [0.15, 0.2) is 6.23 Å². The van der Waals surface area contributed by atoms with Crippen molar-refractivity contribution in [2.45, 2.75) is 38.3 Å². The standard InChI is InChI=1S/C15H18N4O7/c20-17(21)10-7-12(18(22)23)14(13(8-10)19(24)25)26-15-11-4-2-1-3-9(11)5-6-16-15/h7-9,11,15-16H,1-6H2. The first-order valence-electron chi connectivity index (χ1n) is 8.39. The van der Waals surface area contributed by atoms with Crippen LogP contribution >= 0.6 is 0 Å². The molecule has 3 unspecified atom stereocenters. The summed E-state index contributed by atoms with van der Waals surface area (Å²) in [6, 6.07) is 1.40. The third-order valence-electron chi connectivity index (χ3n) is 5.10. The van der Waals surface area contributed by atoms with Gasteiger partial charge in [0.05, 0.1) is 26.9 Å². The van der Waals surface area contributed by atoms with Crippen LogP contribution in [0, 0.1) is 42.2 Å². The summed E-state index contributed by atoms with van der Waals surface area (Å²) < 4.78 is 5.73. The van der Waals surface area contributed by atoms with E-state index in [1.807, 2.05) is 0 Å². The van der Waals surface area contributed by atoms with Crippen LogP contribution in [0.5, 0.6) is 5.75 Å². The van der Waals surface area contributed by atoms with Crippen LogP contribution in [0.1, 0.15) is 32.1 Å². The van der Waals surface area contributed by atoms with E-state index in [1.54, 1.807) is 0 Å². The molecule has 0 aromatic heterocycles. The lowest BCUT2D eigenvalue weighted by Crippen LogP contribution is -2.50. The fraction of sp³-hybridized carbons (Fsp3) is 0.600.